The van der Waals surface area contributed by atoms with E-state index in [9.17, 15) is 0 Å². The van der Waals surface area contributed by atoms with E-state index in [2.05, 4.69) is 29.4 Å². The lowest BCUT2D eigenvalue weighted by molar-refractivity contribution is 0.157. The van der Waals surface area contributed by atoms with Crippen LogP contribution in [-0.4, -0.2) is 43.8 Å². The molecule has 1 atom stereocenters. The largest absolute Gasteiger partial charge is 0.314 e. The molecular formula is C18H39N3. The average molecular weight is 298 g/mol. The van der Waals surface area contributed by atoms with Crippen molar-refractivity contribution in [1.82, 2.24) is 15.5 Å². The SMILES string of the molecule is CCCCCCCCCCCCNC(C)N1CCNCC1. The highest BCUT2D eigenvalue weighted by Gasteiger charge is 2.14. The van der Waals surface area contributed by atoms with Gasteiger partial charge in [0.25, 0.3) is 0 Å². The van der Waals surface area contributed by atoms with Crippen molar-refractivity contribution in [2.24, 2.45) is 0 Å². The van der Waals surface area contributed by atoms with E-state index in [1.807, 2.05) is 0 Å². The molecule has 3 nitrogen and oxygen atoms in total. The van der Waals surface area contributed by atoms with Crippen LogP contribution in [0.5, 0.6) is 0 Å². The third-order valence-electron chi connectivity index (χ3n) is 4.67. The fourth-order valence-electron chi connectivity index (χ4n) is 3.12. The van der Waals surface area contributed by atoms with Crippen molar-refractivity contribution in [3.63, 3.8) is 0 Å². The normalized spacial score (nSPS) is 18.0. The summed E-state index contributed by atoms with van der Waals surface area (Å²) in [6.07, 6.45) is 14.8. The Hall–Kier alpha value is -0.120. The van der Waals surface area contributed by atoms with Crippen LogP contribution in [0, 0.1) is 0 Å². The maximum absolute atomic E-state index is 3.68. The van der Waals surface area contributed by atoms with E-state index < -0.39 is 0 Å². The number of rotatable bonds is 13. The second-order valence-electron chi connectivity index (χ2n) is 6.60. The first-order chi connectivity index (χ1) is 10.3. The minimum atomic E-state index is 0.547. The Kier molecular flexibility index (Phi) is 12.2. The monoisotopic (exact) mass is 297 g/mol. The molecule has 1 fully saturated rings. The fraction of sp³-hybridized carbons (Fsp3) is 1.00. The van der Waals surface area contributed by atoms with Crippen LogP contribution in [0.15, 0.2) is 0 Å². The van der Waals surface area contributed by atoms with E-state index in [1.54, 1.807) is 0 Å². The van der Waals surface area contributed by atoms with Crippen molar-refractivity contribution >= 4 is 0 Å². The molecule has 126 valence electrons. The van der Waals surface area contributed by atoms with Crippen molar-refractivity contribution in [3.05, 3.63) is 0 Å². The maximum Gasteiger partial charge on any atom is 0.0568 e. The Morgan fingerprint density at radius 1 is 0.857 bits per heavy atom. The Balaban J connectivity index is 1.79. The molecular weight excluding hydrogens is 258 g/mol. The van der Waals surface area contributed by atoms with Gasteiger partial charge in [0.1, 0.15) is 0 Å². The van der Waals surface area contributed by atoms with Crippen molar-refractivity contribution in [1.29, 1.82) is 0 Å². The number of nitrogens with one attached hydrogen (secondary N) is 2. The zero-order valence-electron chi connectivity index (χ0n) is 14.6. The third-order valence-corrected chi connectivity index (χ3v) is 4.67. The first-order valence-electron chi connectivity index (χ1n) is 9.52. The highest BCUT2D eigenvalue weighted by Crippen LogP contribution is 2.10. The van der Waals surface area contributed by atoms with Crippen LogP contribution in [0.25, 0.3) is 0 Å². The van der Waals surface area contributed by atoms with Crippen LogP contribution >= 0.6 is 0 Å². The predicted molar refractivity (Wildman–Crippen MR) is 93.8 cm³/mol. The molecule has 0 radical (unpaired) electrons. The van der Waals surface area contributed by atoms with Gasteiger partial charge in [0.05, 0.1) is 6.17 Å². The quantitative estimate of drug-likeness (QED) is 0.507. The lowest BCUT2D eigenvalue weighted by Crippen LogP contribution is -2.52. The van der Waals surface area contributed by atoms with Gasteiger partial charge in [-0.15, -0.1) is 0 Å². The summed E-state index contributed by atoms with van der Waals surface area (Å²) >= 11 is 0. The standard InChI is InChI=1S/C18H39N3/c1-3-4-5-6-7-8-9-10-11-12-13-20-18(2)21-16-14-19-15-17-21/h18-20H,3-17H2,1-2H3. The van der Waals surface area contributed by atoms with Gasteiger partial charge in [0.15, 0.2) is 0 Å². The summed E-state index contributed by atoms with van der Waals surface area (Å²) in [5.74, 6) is 0. The molecule has 0 amide bonds. The summed E-state index contributed by atoms with van der Waals surface area (Å²) < 4.78 is 0. The van der Waals surface area contributed by atoms with E-state index >= 15 is 0 Å². The van der Waals surface area contributed by atoms with E-state index in [-0.39, 0.29) is 0 Å². The van der Waals surface area contributed by atoms with Gasteiger partial charge in [0.2, 0.25) is 0 Å². The van der Waals surface area contributed by atoms with Crippen LogP contribution < -0.4 is 10.6 Å². The molecule has 0 spiro atoms. The summed E-state index contributed by atoms with van der Waals surface area (Å²) in [5, 5.41) is 7.09. The third kappa shape index (κ3) is 10.3. The molecule has 0 aliphatic carbocycles. The van der Waals surface area contributed by atoms with Gasteiger partial charge < -0.3 is 10.6 Å². The summed E-state index contributed by atoms with van der Waals surface area (Å²) in [6.45, 7) is 10.4. The molecule has 1 aliphatic heterocycles. The van der Waals surface area contributed by atoms with E-state index in [4.69, 9.17) is 0 Å². The molecule has 2 N–H and O–H groups in total. The molecule has 0 aromatic heterocycles. The zero-order chi connectivity index (χ0) is 15.2. The Morgan fingerprint density at radius 2 is 1.38 bits per heavy atom. The molecule has 1 unspecified atom stereocenters. The minimum Gasteiger partial charge on any atom is -0.314 e. The highest BCUT2D eigenvalue weighted by atomic mass is 15.3. The van der Waals surface area contributed by atoms with Crippen molar-refractivity contribution < 1.29 is 0 Å². The molecule has 1 aliphatic rings. The zero-order valence-corrected chi connectivity index (χ0v) is 14.6. The summed E-state index contributed by atoms with van der Waals surface area (Å²) in [6, 6.07) is 0. The Bertz CT molecular complexity index is 215. The van der Waals surface area contributed by atoms with E-state index in [0.717, 1.165) is 13.1 Å². The molecule has 0 saturated carbocycles. The highest BCUT2D eigenvalue weighted by molar-refractivity contribution is 4.72. The Morgan fingerprint density at radius 3 is 1.95 bits per heavy atom. The van der Waals surface area contributed by atoms with Gasteiger partial charge in [-0.2, -0.15) is 0 Å². The van der Waals surface area contributed by atoms with Crippen LogP contribution in [0.3, 0.4) is 0 Å². The van der Waals surface area contributed by atoms with Crippen molar-refractivity contribution in [3.8, 4) is 0 Å². The molecule has 0 aromatic carbocycles. The maximum atomic E-state index is 3.68. The summed E-state index contributed by atoms with van der Waals surface area (Å²) in [7, 11) is 0. The van der Waals surface area contributed by atoms with Gasteiger partial charge in [0, 0.05) is 26.2 Å². The van der Waals surface area contributed by atoms with Gasteiger partial charge in [-0.3, -0.25) is 4.90 Å². The lowest BCUT2D eigenvalue weighted by Gasteiger charge is -2.33. The molecule has 3 heteroatoms. The molecule has 0 aromatic rings. The van der Waals surface area contributed by atoms with Crippen molar-refractivity contribution in [2.45, 2.75) is 84.2 Å². The number of hydrogen-bond acceptors (Lipinski definition) is 3. The van der Waals surface area contributed by atoms with Crippen LogP contribution in [-0.2, 0) is 0 Å². The van der Waals surface area contributed by atoms with Crippen molar-refractivity contribution in [2.75, 3.05) is 32.7 Å². The number of hydrogen-bond donors (Lipinski definition) is 2. The Labute approximate surface area is 133 Å². The predicted octanol–water partition coefficient (Wildman–Crippen LogP) is 3.75. The van der Waals surface area contributed by atoms with E-state index in [0.29, 0.717) is 6.17 Å². The average Bonchev–Trinajstić information content (AvgIpc) is 2.53. The van der Waals surface area contributed by atoms with Crippen LogP contribution in [0.1, 0.15) is 78.1 Å². The van der Waals surface area contributed by atoms with Gasteiger partial charge in [-0.25, -0.2) is 0 Å². The molecule has 21 heavy (non-hydrogen) atoms. The summed E-state index contributed by atoms with van der Waals surface area (Å²) in [4.78, 5) is 2.55. The number of unbranched alkanes of at least 4 members (excludes halogenated alkanes) is 9. The first-order valence-corrected chi connectivity index (χ1v) is 9.52. The van der Waals surface area contributed by atoms with Gasteiger partial charge in [-0.1, -0.05) is 64.7 Å². The second kappa shape index (κ2) is 13.5. The molecule has 1 rings (SSSR count). The molecule has 1 saturated heterocycles. The minimum absolute atomic E-state index is 0.547. The molecule has 1 heterocycles. The van der Waals surface area contributed by atoms with Crippen LogP contribution in [0.4, 0.5) is 0 Å². The van der Waals surface area contributed by atoms with Gasteiger partial charge >= 0.3 is 0 Å². The fourth-order valence-corrected chi connectivity index (χ4v) is 3.12. The first kappa shape index (κ1) is 18.9. The van der Waals surface area contributed by atoms with Gasteiger partial charge in [-0.05, 0) is 19.9 Å². The molecule has 0 bridgehead atoms. The number of piperazine rings is 1. The smallest absolute Gasteiger partial charge is 0.0568 e. The van der Waals surface area contributed by atoms with Crippen LogP contribution in [0.2, 0.25) is 0 Å². The second-order valence-corrected chi connectivity index (χ2v) is 6.60. The van der Waals surface area contributed by atoms with E-state index in [1.165, 1.54) is 83.8 Å². The topological polar surface area (TPSA) is 27.3 Å². The number of nitrogens with zero attached hydrogens (tertiary/aromatic N) is 1. The lowest BCUT2D eigenvalue weighted by atomic mass is 10.1. The summed E-state index contributed by atoms with van der Waals surface area (Å²) in [5.41, 5.74) is 0.